The van der Waals surface area contributed by atoms with Crippen LogP contribution < -0.4 is 5.32 Å². The van der Waals surface area contributed by atoms with Crippen molar-refractivity contribution in [2.24, 2.45) is 5.92 Å². The summed E-state index contributed by atoms with van der Waals surface area (Å²) < 4.78 is 2.22. The van der Waals surface area contributed by atoms with Crippen molar-refractivity contribution in [2.75, 3.05) is 5.32 Å². The van der Waals surface area contributed by atoms with E-state index in [1.165, 1.54) is 12.8 Å². The summed E-state index contributed by atoms with van der Waals surface area (Å²) >= 11 is 0. The van der Waals surface area contributed by atoms with E-state index in [1.54, 1.807) is 12.4 Å². The predicted octanol–water partition coefficient (Wildman–Crippen LogP) is 4.01. The van der Waals surface area contributed by atoms with Gasteiger partial charge in [-0.2, -0.15) is 0 Å². The van der Waals surface area contributed by atoms with Crippen LogP contribution in [-0.4, -0.2) is 15.5 Å². The van der Waals surface area contributed by atoms with Gasteiger partial charge >= 0.3 is 0 Å². The first-order valence-electron chi connectivity index (χ1n) is 8.02. The molecule has 2 aromatic heterocycles. The molecule has 1 N–H and O–H groups in total. The summed E-state index contributed by atoms with van der Waals surface area (Å²) in [5.41, 5.74) is 3.64. The normalized spacial score (nSPS) is 14.1. The number of aryl methyl sites for hydroxylation is 1. The average Bonchev–Trinajstić information content (AvgIpc) is 3.30. The standard InChI is InChI=1S/C19H19N3O/c1-13-10-20-9-8-17(13)21-19(23)16-12-22(11-14-6-7-14)18-5-3-2-4-15(16)18/h2-5,8-10,12,14H,6-7,11H2,1H3,(H,20,21,23). The van der Waals surface area contributed by atoms with Gasteiger partial charge in [-0.25, -0.2) is 0 Å². The van der Waals surface area contributed by atoms with Crippen molar-refractivity contribution in [1.29, 1.82) is 0 Å². The van der Waals surface area contributed by atoms with E-state index in [9.17, 15) is 4.79 Å². The molecule has 0 spiro atoms. The number of hydrogen-bond acceptors (Lipinski definition) is 2. The van der Waals surface area contributed by atoms with Crippen molar-refractivity contribution in [3.8, 4) is 0 Å². The molecule has 4 rings (SSSR count). The highest BCUT2D eigenvalue weighted by Crippen LogP contribution is 2.33. The molecule has 3 aromatic rings. The predicted molar refractivity (Wildman–Crippen MR) is 91.6 cm³/mol. The molecule has 0 saturated heterocycles. The van der Waals surface area contributed by atoms with Gasteiger partial charge in [0.1, 0.15) is 0 Å². The monoisotopic (exact) mass is 305 g/mol. The zero-order valence-corrected chi connectivity index (χ0v) is 13.1. The van der Waals surface area contributed by atoms with Gasteiger partial charge in [-0.3, -0.25) is 9.78 Å². The second-order valence-electron chi connectivity index (χ2n) is 6.30. The molecule has 1 amide bonds. The summed E-state index contributed by atoms with van der Waals surface area (Å²) in [5.74, 6) is 0.703. The Kier molecular flexibility index (Phi) is 3.37. The highest BCUT2D eigenvalue weighted by atomic mass is 16.1. The Labute approximate surface area is 135 Å². The van der Waals surface area contributed by atoms with Crippen LogP contribution in [0, 0.1) is 12.8 Å². The van der Waals surface area contributed by atoms with Crippen LogP contribution in [-0.2, 0) is 6.54 Å². The minimum atomic E-state index is -0.0648. The topological polar surface area (TPSA) is 46.9 Å². The van der Waals surface area contributed by atoms with Gasteiger partial charge in [-0.1, -0.05) is 18.2 Å². The van der Waals surface area contributed by atoms with E-state index in [2.05, 4.69) is 20.9 Å². The molecule has 1 fully saturated rings. The number of fused-ring (bicyclic) bond motifs is 1. The van der Waals surface area contributed by atoms with E-state index in [-0.39, 0.29) is 5.91 Å². The summed E-state index contributed by atoms with van der Waals surface area (Å²) in [4.78, 5) is 16.8. The van der Waals surface area contributed by atoms with E-state index in [1.807, 2.05) is 37.4 Å². The van der Waals surface area contributed by atoms with Crippen molar-refractivity contribution >= 4 is 22.5 Å². The lowest BCUT2D eigenvalue weighted by atomic mass is 10.1. The Bertz CT molecular complexity index is 877. The van der Waals surface area contributed by atoms with Crippen LogP contribution in [0.1, 0.15) is 28.8 Å². The van der Waals surface area contributed by atoms with Crippen LogP contribution >= 0.6 is 0 Å². The van der Waals surface area contributed by atoms with E-state index < -0.39 is 0 Å². The number of anilines is 1. The number of nitrogens with one attached hydrogen (secondary N) is 1. The quantitative estimate of drug-likeness (QED) is 0.791. The van der Waals surface area contributed by atoms with Crippen molar-refractivity contribution in [3.63, 3.8) is 0 Å². The van der Waals surface area contributed by atoms with Gasteiger partial charge in [0.05, 0.1) is 5.56 Å². The molecule has 4 heteroatoms. The van der Waals surface area contributed by atoms with Gasteiger partial charge in [0.15, 0.2) is 0 Å². The Balaban J connectivity index is 1.70. The van der Waals surface area contributed by atoms with E-state index in [4.69, 9.17) is 0 Å². The third-order valence-electron chi connectivity index (χ3n) is 4.45. The lowest BCUT2D eigenvalue weighted by Crippen LogP contribution is -2.12. The Morgan fingerprint density at radius 2 is 2.13 bits per heavy atom. The van der Waals surface area contributed by atoms with Crippen LogP contribution in [0.15, 0.2) is 48.9 Å². The molecule has 1 aromatic carbocycles. The maximum Gasteiger partial charge on any atom is 0.257 e. The third kappa shape index (κ3) is 2.72. The zero-order valence-electron chi connectivity index (χ0n) is 13.1. The fourth-order valence-corrected chi connectivity index (χ4v) is 2.96. The molecular formula is C19H19N3O. The minimum absolute atomic E-state index is 0.0648. The number of rotatable bonds is 4. The molecule has 0 aliphatic heterocycles. The number of amides is 1. The number of aromatic nitrogens is 2. The molecule has 0 bridgehead atoms. The zero-order chi connectivity index (χ0) is 15.8. The molecule has 1 aliphatic rings. The fraction of sp³-hybridized carbons (Fsp3) is 0.263. The average molecular weight is 305 g/mol. The van der Waals surface area contributed by atoms with E-state index >= 15 is 0 Å². The Hall–Kier alpha value is -2.62. The van der Waals surface area contributed by atoms with Crippen molar-refractivity contribution in [3.05, 3.63) is 60.0 Å². The fourth-order valence-electron chi connectivity index (χ4n) is 2.96. The summed E-state index contributed by atoms with van der Waals surface area (Å²) in [6.07, 6.45) is 8.04. The van der Waals surface area contributed by atoms with Gasteiger partial charge < -0.3 is 9.88 Å². The van der Waals surface area contributed by atoms with Gasteiger partial charge in [-0.05, 0) is 43.4 Å². The first-order chi connectivity index (χ1) is 11.2. The molecule has 1 aliphatic carbocycles. The number of hydrogen-bond donors (Lipinski definition) is 1. The molecule has 4 nitrogen and oxygen atoms in total. The smallest absolute Gasteiger partial charge is 0.257 e. The maximum absolute atomic E-state index is 12.8. The number of carbonyl (C=O) groups excluding carboxylic acids is 1. The summed E-state index contributed by atoms with van der Waals surface area (Å²) in [6.45, 7) is 2.95. The Morgan fingerprint density at radius 1 is 1.30 bits per heavy atom. The number of pyridine rings is 1. The highest BCUT2D eigenvalue weighted by Gasteiger charge is 2.24. The Morgan fingerprint density at radius 3 is 2.91 bits per heavy atom. The minimum Gasteiger partial charge on any atom is -0.346 e. The van der Waals surface area contributed by atoms with Crippen LogP contribution in [0.2, 0.25) is 0 Å². The molecule has 0 atom stereocenters. The van der Waals surface area contributed by atoms with Crippen LogP contribution in [0.3, 0.4) is 0 Å². The van der Waals surface area contributed by atoms with E-state index in [0.29, 0.717) is 0 Å². The third-order valence-corrected chi connectivity index (χ3v) is 4.45. The van der Waals surface area contributed by atoms with Crippen molar-refractivity contribution < 1.29 is 4.79 Å². The molecule has 1 saturated carbocycles. The van der Waals surface area contributed by atoms with Gasteiger partial charge in [0, 0.05) is 41.7 Å². The molecule has 116 valence electrons. The summed E-state index contributed by atoms with van der Waals surface area (Å²) in [5, 5.41) is 4.02. The second kappa shape index (κ2) is 5.54. The maximum atomic E-state index is 12.8. The SMILES string of the molecule is Cc1cnccc1NC(=O)c1cn(CC2CC2)c2ccccc12. The first kappa shape index (κ1) is 14.0. The molecular weight excluding hydrogens is 286 g/mol. The number of para-hydroxylation sites is 1. The highest BCUT2D eigenvalue weighted by molar-refractivity contribution is 6.13. The number of benzene rings is 1. The molecule has 23 heavy (non-hydrogen) atoms. The molecule has 0 unspecified atom stereocenters. The second-order valence-corrected chi connectivity index (χ2v) is 6.30. The first-order valence-corrected chi connectivity index (χ1v) is 8.02. The van der Waals surface area contributed by atoms with Gasteiger partial charge in [-0.15, -0.1) is 0 Å². The van der Waals surface area contributed by atoms with Gasteiger partial charge in [0.25, 0.3) is 5.91 Å². The summed E-state index contributed by atoms with van der Waals surface area (Å²) in [7, 11) is 0. The molecule has 2 heterocycles. The summed E-state index contributed by atoms with van der Waals surface area (Å²) in [6, 6.07) is 9.95. The van der Waals surface area contributed by atoms with Crippen LogP contribution in [0.5, 0.6) is 0 Å². The molecule has 0 radical (unpaired) electrons. The lowest BCUT2D eigenvalue weighted by molar-refractivity contribution is 0.102. The number of carbonyl (C=O) groups is 1. The number of nitrogens with zero attached hydrogens (tertiary/aromatic N) is 2. The van der Waals surface area contributed by atoms with Crippen molar-refractivity contribution in [1.82, 2.24) is 9.55 Å². The van der Waals surface area contributed by atoms with Crippen LogP contribution in [0.4, 0.5) is 5.69 Å². The van der Waals surface area contributed by atoms with Crippen molar-refractivity contribution in [2.45, 2.75) is 26.3 Å². The van der Waals surface area contributed by atoms with E-state index in [0.717, 1.165) is 40.2 Å². The largest absolute Gasteiger partial charge is 0.346 e. The van der Waals surface area contributed by atoms with Crippen LogP contribution in [0.25, 0.3) is 10.9 Å². The van der Waals surface area contributed by atoms with Gasteiger partial charge in [0.2, 0.25) is 0 Å². The lowest BCUT2D eigenvalue weighted by Gasteiger charge is -2.06.